The highest BCUT2D eigenvalue weighted by atomic mass is 19.1. The van der Waals surface area contributed by atoms with E-state index in [2.05, 4.69) is 15.1 Å². The molecule has 0 saturated carbocycles. The molecular formula is C11H19FN4. The Bertz CT molecular complexity index is 342. The Labute approximate surface area is 95.5 Å². The van der Waals surface area contributed by atoms with Gasteiger partial charge in [0.2, 0.25) is 0 Å². The molecule has 0 aromatic carbocycles. The van der Waals surface area contributed by atoms with Crippen molar-refractivity contribution in [2.75, 3.05) is 19.8 Å². The molecule has 1 saturated heterocycles. The third-order valence-corrected chi connectivity index (χ3v) is 3.47. The molecule has 1 aromatic heterocycles. The first-order valence-electron chi connectivity index (χ1n) is 5.84. The Hall–Kier alpha value is -0.970. The number of nitrogens with zero attached hydrogens (tertiary/aromatic N) is 4. The molecule has 2 heterocycles. The van der Waals surface area contributed by atoms with Gasteiger partial charge in [0, 0.05) is 7.05 Å². The lowest BCUT2D eigenvalue weighted by Gasteiger charge is -2.30. The monoisotopic (exact) mass is 226 g/mol. The van der Waals surface area contributed by atoms with Crippen LogP contribution in [0.25, 0.3) is 0 Å². The summed E-state index contributed by atoms with van der Waals surface area (Å²) >= 11 is 0. The number of piperidine rings is 1. The SMILES string of the molecule is Cc1nnc(CN2CCC(CF)CC2)n1C. The average Bonchev–Trinajstić information content (AvgIpc) is 2.62. The van der Waals surface area contributed by atoms with Crippen molar-refractivity contribution in [2.45, 2.75) is 26.3 Å². The van der Waals surface area contributed by atoms with E-state index in [0.717, 1.165) is 44.1 Å². The minimum Gasteiger partial charge on any atom is -0.317 e. The standard InChI is InChI=1S/C11H19FN4/c1-9-13-14-11(15(9)2)8-16-5-3-10(7-12)4-6-16/h10H,3-8H2,1-2H3. The van der Waals surface area contributed by atoms with Gasteiger partial charge in [0.25, 0.3) is 0 Å². The molecule has 1 fully saturated rings. The summed E-state index contributed by atoms with van der Waals surface area (Å²) in [5.74, 6) is 2.21. The molecule has 0 unspecified atom stereocenters. The fourth-order valence-electron chi connectivity index (χ4n) is 2.09. The zero-order valence-corrected chi connectivity index (χ0v) is 9.99. The second-order valence-electron chi connectivity index (χ2n) is 4.60. The third-order valence-electron chi connectivity index (χ3n) is 3.47. The van der Waals surface area contributed by atoms with Crippen molar-refractivity contribution in [1.29, 1.82) is 0 Å². The number of likely N-dealkylation sites (tertiary alicyclic amines) is 1. The summed E-state index contributed by atoms with van der Waals surface area (Å²) in [4.78, 5) is 2.33. The van der Waals surface area contributed by atoms with Crippen LogP contribution in [-0.4, -0.2) is 39.4 Å². The van der Waals surface area contributed by atoms with Crippen molar-refractivity contribution in [3.05, 3.63) is 11.6 Å². The first kappa shape index (κ1) is 11.5. The first-order valence-corrected chi connectivity index (χ1v) is 5.84. The fraction of sp³-hybridized carbons (Fsp3) is 0.818. The Balaban J connectivity index is 1.89. The van der Waals surface area contributed by atoms with Gasteiger partial charge in [0.05, 0.1) is 13.2 Å². The summed E-state index contributed by atoms with van der Waals surface area (Å²) in [6, 6.07) is 0. The summed E-state index contributed by atoms with van der Waals surface area (Å²) in [5.41, 5.74) is 0. The molecule has 0 radical (unpaired) electrons. The Morgan fingerprint density at radius 2 is 2.00 bits per heavy atom. The quantitative estimate of drug-likeness (QED) is 0.779. The van der Waals surface area contributed by atoms with Gasteiger partial charge < -0.3 is 4.57 Å². The fourth-order valence-corrected chi connectivity index (χ4v) is 2.09. The largest absolute Gasteiger partial charge is 0.317 e. The summed E-state index contributed by atoms with van der Waals surface area (Å²) < 4.78 is 14.5. The number of alkyl halides is 1. The average molecular weight is 226 g/mol. The van der Waals surface area contributed by atoms with Crippen LogP contribution in [0.3, 0.4) is 0 Å². The molecule has 0 atom stereocenters. The second kappa shape index (κ2) is 4.91. The summed E-state index contributed by atoms with van der Waals surface area (Å²) in [5, 5.41) is 8.18. The van der Waals surface area contributed by atoms with Gasteiger partial charge in [-0.3, -0.25) is 9.29 Å². The topological polar surface area (TPSA) is 34.0 Å². The Kier molecular flexibility index (Phi) is 3.53. The van der Waals surface area contributed by atoms with Crippen LogP contribution in [0, 0.1) is 12.8 Å². The van der Waals surface area contributed by atoms with Crippen LogP contribution in [0.15, 0.2) is 0 Å². The van der Waals surface area contributed by atoms with E-state index in [1.807, 2.05) is 18.5 Å². The van der Waals surface area contributed by atoms with Crippen LogP contribution in [0.4, 0.5) is 4.39 Å². The second-order valence-corrected chi connectivity index (χ2v) is 4.60. The molecule has 0 bridgehead atoms. The van der Waals surface area contributed by atoms with E-state index < -0.39 is 0 Å². The van der Waals surface area contributed by atoms with Crippen LogP contribution in [0.5, 0.6) is 0 Å². The third kappa shape index (κ3) is 2.40. The molecule has 0 N–H and O–H groups in total. The Morgan fingerprint density at radius 1 is 1.31 bits per heavy atom. The van der Waals surface area contributed by atoms with Crippen LogP contribution in [0.1, 0.15) is 24.5 Å². The Morgan fingerprint density at radius 3 is 2.50 bits per heavy atom. The molecule has 0 spiro atoms. The van der Waals surface area contributed by atoms with Crippen LogP contribution < -0.4 is 0 Å². The van der Waals surface area contributed by atoms with Crippen molar-refractivity contribution >= 4 is 0 Å². The molecule has 5 heteroatoms. The highest BCUT2D eigenvalue weighted by Crippen LogP contribution is 2.18. The number of rotatable bonds is 3. The maximum Gasteiger partial charge on any atom is 0.146 e. The van der Waals surface area contributed by atoms with Gasteiger partial charge in [-0.15, -0.1) is 10.2 Å². The lowest BCUT2D eigenvalue weighted by molar-refractivity contribution is 0.155. The van der Waals surface area contributed by atoms with Gasteiger partial charge in [-0.1, -0.05) is 0 Å². The van der Waals surface area contributed by atoms with Crippen molar-refractivity contribution in [3.63, 3.8) is 0 Å². The van der Waals surface area contributed by atoms with Gasteiger partial charge in [0.15, 0.2) is 0 Å². The summed E-state index contributed by atoms with van der Waals surface area (Å²) in [6.45, 7) is 4.56. The van der Waals surface area contributed by atoms with Crippen molar-refractivity contribution in [3.8, 4) is 0 Å². The predicted molar refractivity (Wildman–Crippen MR) is 59.7 cm³/mol. The lowest BCUT2D eigenvalue weighted by atomic mass is 9.98. The zero-order chi connectivity index (χ0) is 11.5. The lowest BCUT2D eigenvalue weighted by Crippen LogP contribution is -2.34. The van der Waals surface area contributed by atoms with E-state index in [-0.39, 0.29) is 12.6 Å². The predicted octanol–water partition coefficient (Wildman–Crippen LogP) is 1.31. The molecule has 2 rings (SSSR count). The van der Waals surface area contributed by atoms with E-state index in [4.69, 9.17) is 0 Å². The van der Waals surface area contributed by atoms with Gasteiger partial charge in [-0.2, -0.15) is 0 Å². The van der Waals surface area contributed by atoms with Crippen molar-refractivity contribution < 1.29 is 4.39 Å². The molecular weight excluding hydrogens is 207 g/mol. The molecule has 90 valence electrons. The van der Waals surface area contributed by atoms with Crippen LogP contribution in [0.2, 0.25) is 0 Å². The number of hydrogen-bond donors (Lipinski definition) is 0. The van der Waals surface area contributed by atoms with Crippen LogP contribution in [-0.2, 0) is 13.6 Å². The number of aryl methyl sites for hydroxylation is 1. The number of aromatic nitrogens is 3. The highest BCUT2D eigenvalue weighted by Gasteiger charge is 2.20. The molecule has 1 aliphatic heterocycles. The van der Waals surface area contributed by atoms with Crippen LogP contribution >= 0.6 is 0 Å². The van der Waals surface area contributed by atoms with Crippen molar-refractivity contribution in [1.82, 2.24) is 19.7 Å². The maximum absolute atomic E-state index is 12.5. The highest BCUT2D eigenvalue weighted by molar-refractivity contribution is 4.92. The van der Waals surface area contributed by atoms with E-state index in [1.54, 1.807) is 0 Å². The van der Waals surface area contributed by atoms with Gasteiger partial charge in [0.1, 0.15) is 11.6 Å². The summed E-state index contributed by atoms with van der Waals surface area (Å²) in [7, 11) is 1.99. The normalized spacial score (nSPS) is 19.2. The summed E-state index contributed by atoms with van der Waals surface area (Å²) in [6.07, 6.45) is 1.93. The van der Waals surface area contributed by atoms with E-state index in [1.165, 1.54) is 0 Å². The molecule has 16 heavy (non-hydrogen) atoms. The molecule has 0 aliphatic carbocycles. The molecule has 1 aliphatic rings. The van der Waals surface area contributed by atoms with E-state index in [0.29, 0.717) is 0 Å². The van der Waals surface area contributed by atoms with Gasteiger partial charge in [-0.05, 0) is 38.8 Å². The molecule has 0 amide bonds. The zero-order valence-electron chi connectivity index (χ0n) is 9.99. The first-order chi connectivity index (χ1) is 7.70. The number of halogens is 1. The smallest absolute Gasteiger partial charge is 0.146 e. The van der Waals surface area contributed by atoms with Gasteiger partial charge in [-0.25, -0.2) is 0 Å². The minimum absolute atomic E-state index is 0.170. The van der Waals surface area contributed by atoms with Crippen molar-refractivity contribution in [2.24, 2.45) is 13.0 Å². The molecule has 4 nitrogen and oxygen atoms in total. The number of hydrogen-bond acceptors (Lipinski definition) is 3. The van der Waals surface area contributed by atoms with Gasteiger partial charge >= 0.3 is 0 Å². The van der Waals surface area contributed by atoms with E-state index in [9.17, 15) is 4.39 Å². The van der Waals surface area contributed by atoms with E-state index >= 15 is 0 Å². The molecule has 1 aromatic rings. The minimum atomic E-state index is -0.170. The maximum atomic E-state index is 12.5.